The minimum Gasteiger partial charge on any atom is -0.384 e. The van der Waals surface area contributed by atoms with Gasteiger partial charge in [-0.15, -0.1) is 0 Å². The van der Waals surface area contributed by atoms with Crippen LogP contribution in [0.3, 0.4) is 0 Å². The second-order valence-corrected chi connectivity index (χ2v) is 5.79. The van der Waals surface area contributed by atoms with E-state index in [1.165, 1.54) is 5.56 Å². The Morgan fingerprint density at radius 2 is 1.95 bits per heavy atom. The summed E-state index contributed by atoms with van der Waals surface area (Å²) >= 11 is 0. The maximum atomic E-state index is 5.82. The molecular formula is C17H32N4. The molecule has 0 bridgehead atoms. The van der Waals surface area contributed by atoms with Gasteiger partial charge in [0.15, 0.2) is 0 Å². The summed E-state index contributed by atoms with van der Waals surface area (Å²) in [5.41, 5.74) is 7.21. The van der Waals surface area contributed by atoms with E-state index in [2.05, 4.69) is 55.9 Å². The summed E-state index contributed by atoms with van der Waals surface area (Å²) < 4.78 is 0. The minimum atomic E-state index is 0.136. The van der Waals surface area contributed by atoms with E-state index in [1.54, 1.807) is 6.20 Å². The molecule has 0 aromatic carbocycles. The Kier molecular flexibility index (Phi) is 7.12. The molecular weight excluding hydrogens is 260 g/mol. The highest BCUT2D eigenvalue weighted by molar-refractivity contribution is 5.32. The van der Waals surface area contributed by atoms with Gasteiger partial charge >= 0.3 is 0 Å². The molecule has 120 valence electrons. The molecule has 2 unspecified atom stereocenters. The Labute approximate surface area is 130 Å². The summed E-state index contributed by atoms with van der Waals surface area (Å²) in [4.78, 5) is 6.65. The second-order valence-electron chi connectivity index (χ2n) is 5.79. The van der Waals surface area contributed by atoms with Gasteiger partial charge in [-0.25, -0.2) is 4.98 Å². The zero-order valence-electron chi connectivity index (χ0n) is 14.3. The normalized spacial score (nSPS) is 15.9. The van der Waals surface area contributed by atoms with E-state index in [1.807, 2.05) is 6.07 Å². The predicted molar refractivity (Wildman–Crippen MR) is 91.4 cm³/mol. The highest BCUT2D eigenvalue weighted by Gasteiger charge is 2.36. The zero-order valence-corrected chi connectivity index (χ0v) is 14.3. The number of likely N-dealkylation sites (N-methyl/N-ethyl adjacent to an activating group) is 2. The van der Waals surface area contributed by atoms with Crippen LogP contribution in [-0.2, 0) is 6.42 Å². The van der Waals surface area contributed by atoms with Crippen LogP contribution in [0, 0.1) is 0 Å². The molecule has 3 N–H and O–H groups in total. The first-order chi connectivity index (χ1) is 10.0. The standard InChI is InChI=1S/C17H32N4/c1-6-17(5,21(8-3)9-4)15(19-7-2)12-14-10-11-20-16(18)13-14/h10-11,13,15,19H,6-9,12H2,1-5H3,(H2,18,20). The average molecular weight is 292 g/mol. The first-order valence-corrected chi connectivity index (χ1v) is 8.20. The highest BCUT2D eigenvalue weighted by Crippen LogP contribution is 2.26. The summed E-state index contributed by atoms with van der Waals surface area (Å²) in [6.07, 6.45) is 3.89. The quantitative estimate of drug-likeness (QED) is 0.735. The Bertz CT molecular complexity index is 417. The van der Waals surface area contributed by atoms with E-state index in [4.69, 9.17) is 5.73 Å². The fourth-order valence-corrected chi connectivity index (χ4v) is 3.25. The molecule has 1 rings (SSSR count). The van der Waals surface area contributed by atoms with Gasteiger partial charge < -0.3 is 11.1 Å². The lowest BCUT2D eigenvalue weighted by Crippen LogP contribution is -2.60. The van der Waals surface area contributed by atoms with E-state index in [0.717, 1.165) is 32.5 Å². The van der Waals surface area contributed by atoms with Crippen LogP contribution in [0.4, 0.5) is 5.82 Å². The van der Waals surface area contributed by atoms with Crippen molar-refractivity contribution in [1.82, 2.24) is 15.2 Å². The third-order valence-corrected chi connectivity index (χ3v) is 4.69. The molecule has 0 spiro atoms. The van der Waals surface area contributed by atoms with Crippen LogP contribution in [0.2, 0.25) is 0 Å². The number of hydrogen-bond donors (Lipinski definition) is 2. The molecule has 1 heterocycles. The number of rotatable bonds is 9. The summed E-state index contributed by atoms with van der Waals surface area (Å²) in [5, 5.41) is 3.69. The van der Waals surface area contributed by atoms with Gasteiger partial charge in [-0.3, -0.25) is 4.90 Å². The molecule has 0 aliphatic rings. The Morgan fingerprint density at radius 3 is 2.43 bits per heavy atom. The van der Waals surface area contributed by atoms with Gasteiger partial charge in [0.2, 0.25) is 0 Å². The molecule has 0 amide bonds. The highest BCUT2D eigenvalue weighted by atomic mass is 15.2. The molecule has 0 saturated heterocycles. The molecule has 0 fully saturated rings. The number of nitrogens with zero attached hydrogens (tertiary/aromatic N) is 2. The third kappa shape index (κ3) is 4.42. The fraction of sp³-hybridized carbons (Fsp3) is 0.706. The number of nitrogens with two attached hydrogens (primary N) is 1. The van der Waals surface area contributed by atoms with Crippen LogP contribution in [0.5, 0.6) is 0 Å². The largest absolute Gasteiger partial charge is 0.384 e. The van der Waals surface area contributed by atoms with Crippen molar-refractivity contribution < 1.29 is 0 Å². The minimum absolute atomic E-state index is 0.136. The molecule has 4 heteroatoms. The van der Waals surface area contributed by atoms with Crippen LogP contribution >= 0.6 is 0 Å². The Hall–Kier alpha value is -1.13. The monoisotopic (exact) mass is 292 g/mol. The van der Waals surface area contributed by atoms with Gasteiger partial charge in [0.25, 0.3) is 0 Å². The number of nitrogen functional groups attached to an aromatic ring is 1. The average Bonchev–Trinajstić information content (AvgIpc) is 2.47. The number of hydrogen-bond acceptors (Lipinski definition) is 4. The van der Waals surface area contributed by atoms with Crippen LogP contribution in [0.1, 0.15) is 46.6 Å². The smallest absolute Gasteiger partial charge is 0.123 e. The van der Waals surface area contributed by atoms with Gasteiger partial charge in [-0.2, -0.15) is 0 Å². The SMILES string of the molecule is CCNC(Cc1ccnc(N)c1)C(C)(CC)N(CC)CC. The third-order valence-electron chi connectivity index (χ3n) is 4.69. The van der Waals surface area contributed by atoms with Crippen LogP contribution in [-0.4, -0.2) is 41.1 Å². The van der Waals surface area contributed by atoms with Crippen molar-refractivity contribution in [3.63, 3.8) is 0 Å². The van der Waals surface area contributed by atoms with Gasteiger partial charge in [0.1, 0.15) is 5.82 Å². The molecule has 2 atom stereocenters. The van der Waals surface area contributed by atoms with Crippen molar-refractivity contribution in [2.24, 2.45) is 0 Å². The predicted octanol–water partition coefficient (Wildman–Crippen LogP) is 2.69. The van der Waals surface area contributed by atoms with Gasteiger partial charge in [0.05, 0.1) is 0 Å². The van der Waals surface area contributed by atoms with Crippen molar-refractivity contribution in [1.29, 1.82) is 0 Å². The second kappa shape index (κ2) is 8.35. The van der Waals surface area contributed by atoms with Gasteiger partial charge in [-0.05, 0) is 57.1 Å². The lowest BCUT2D eigenvalue weighted by Gasteiger charge is -2.46. The number of pyridine rings is 1. The van der Waals surface area contributed by atoms with Crippen molar-refractivity contribution in [3.05, 3.63) is 23.9 Å². The maximum absolute atomic E-state index is 5.82. The van der Waals surface area contributed by atoms with E-state index in [9.17, 15) is 0 Å². The van der Waals surface area contributed by atoms with E-state index >= 15 is 0 Å². The van der Waals surface area contributed by atoms with E-state index in [0.29, 0.717) is 11.9 Å². The first kappa shape index (κ1) is 17.9. The lowest BCUT2D eigenvalue weighted by atomic mass is 9.83. The molecule has 21 heavy (non-hydrogen) atoms. The summed E-state index contributed by atoms with van der Waals surface area (Å²) in [7, 11) is 0. The van der Waals surface area contributed by atoms with Crippen molar-refractivity contribution in [3.8, 4) is 0 Å². The molecule has 0 saturated carbocycles. The van der Waals surface area contributed by atoms with Crippen LogP contribution < -0.4 is 11.1 Å². The van der Waals surface area contributed by atoms with Crippen molar-refractivity contribution in [2.75, 3.05) is 25.4 Å². The molecule has 4 nitrogen and oxygen atoms in total. The van der Waals surface area contributed by atoms with Crippen LogP contribution in [0.15, 0.2) is 18.3 Å². The number of nitrogens with one attached hydrogen (secondary N) is 1. The first-order valence-electron chi connectivity index (χ1n) is 8.20. The number of anilines is 1. The van der Waals surface area contributed by atoms with Gasteiger partial charge in [0, 0.05) is 17.8 Å². The zero-order chi connectivity index (χ0) is 15.9. The summed E-state index contributed by atoms with van der Waals surface area (Å²) in [5.74, 6) is 0.601. The molecule has 0 aliphatic heterocycles. The van der Waals surface area contributed by atoms with E-state index < -0.39 is 0 Å². The van der Waals surface area contributed by atoms with E-state index in [-0.39, 0.29) is 5.54 Å². The lowest BCUT2D eigenvalue weighted by molar-refractivity contribution is 0.0707. The molecule has 0 aliphatic carbocycles. The maximum Gasteiger partial charge on any atom is 0.123 e. The van der Waals surface area contributed by atoms with Crippen LogP contribution in [0.25, 0.3) is 0 Å². The van der Waals surface area contributed by atoms with Crippen molar-refractivity contribution >= 4 is 5.82 Å². The number of aromatic nitrogens is 1. The molecule has 1 aromatic rings. The summed E-state index contributed by atoms with van der Waals surface area (Å²) in [6.45, 7) is 14.4. The topological polar surface area (TPSA) is 54.2 Å². The molecule has 0 radical (unpaired) electrons. The van der Waals surface area contributed by atoms with Gasteiger partial charge in [-0.1, -0.05) is 27.7 Å². The summed E-state index contributed by atoms with van der Waals surface area (Å²) in [6, 6.07) is 4.45. The van der Waals surface area contributed by atoms with Crippen molar-refractivity contribution in [2.45, 2.75) is 59.0 Å². The Morgan fingerprint density at radius 1 is 1.29 bits per heavy atom. The Balaban J connectivity index is 3.02. The molecule has 1 aromatic heterocycles. The fourth-order valence-electron chi connectivity index (χ4n) is 3.25.